The average Bonchev–Trinajstić information content (AvgIpc) is 2.24. The molecule has 1 rings (SSSR count). The number of ether oxygens (including phenoxy) is 1. The fraction of sp³-hybridized carbons (Fsp3) is 0.500. The minimum absolute atomic E-state index is 0.707. The van der Waals surface area contributed by atoms with Gasteiger partial charge < -0.3 is 20.7 Å². The minimum atomic E-state index is -3.13. The maximum Gasteiger partial charge on any atom is 0.377 e. The maximum atomic E-state index is 11.3. The number of nitrogens with two attached hydrogens (primary N) is 1. The van der Waals surface area contributed by atoms with Gasteiger partial charge in [-0.05, 0) is 0 Å². The molecule has 0 spiro atoms. The summed E-state index contributed by atoms with van der Waals surface area (Å²) in [4.78, 5) is 51.8. The molecule has 4 N–H and O–H groups in total. The molecular weight excluding hydrogens is 254 g/mol. The fourth-order valence-electron chi connectivity index (χ4n) is 1.01. The molecule has 0 radical (unpaired) electrons. The molecule has 0 aromatic heterocycles. The van der Waals surface area contributed by atoms with E-state index in [-0.39, 0.29) is 0 Å². The normalized spacial score (nSPS) is 29.9. The molecular formula is C8H9NO9. The van der Waals surface area contributed by atoms with Gasteiger partial charge in [-0.2, -0.15) is 0 Å². The summed E-state index contributed by atoms with van der Waals surface area (Å²) < 4.78 is 4.19. The van der Waals surface area contributed by atoms with Crippen LogP contribution in [0.25, 0.3) is 0 Å². The Balaban J connectivity index is 2.97. The quantitative estimate of drug-likeness (QED) is 0.338. The highest BCUT2D eigenvalue weighted by Gasteiger charge is 2.46. The lowest BCUT2D eigenvalue weighted by molar-refractivity contribution is -0.272. The summed E-state index contributed by atoms with van der Waals surface area (Å²) in [6, 6.07) is -1.56. The standard InChI is InChI=1S/C8H9NO9/c9-3-1-4(10)17-18-5(11)2-8(15,7(13)14)16-6(3)12/h3,15H,1-2,9H2,(H,13,14). The van der Waals surface area contributed by atoms with Crippen molar-refractivity contribution in [3.8, 4) is 0 Å². The van der Waals surface area contributed by atoms with Crippen molar-refractivity contribution >= 4 is 23.9 Å². The highest BCUT2D eigenvalue weighted by atomic mass is 17.2. The van der Waals surface area contributed by atoms with Crippen LogP contribution >= 0.6 is 0 Å². The Morgan fingerprint density at radius 1 is 1.28 bits per heavy atom. The lowest BCUT2D eigenvalue weighted by Gasteiger charge is -2.24. The zero-order valence-corrected chi connectivity index (χ0v) is 8.82. The van der Waals surface area contributed by atoms with E-state index in [0.29, 0.717) is 0 Å². The van der Waals surface area contributed by atoms with Gasteiger partial charge in [-0.15, -0.1) is 0 Å². The van der Waals surface area contributed by atoms with Crippen molar-refractivity contribution < 1.29 is 43.9 Å². The van der Waals surface area contributed by atoms with Gasteiger partial charge >= 0.3 is 29.7 Å². The predicted octanol–water partition coefficient (Wildman–Crippen LogP) is -2.57. The first-order valence-electron chi connectivity index (χ1n) is 4.59. The summed E-state index contributed by atoms with van der Waals surface area (Å²) in [5.41, 5.74) is 5.19. The largest absolute Gasteiger partial charge is 0.476 e. The molecule has 0 aliphatic carbocycles. The maximum absolute atomic E-state index is 11.3. The van der Waals surface area contributed by atoms with Crippen LogP contribution in [0.5, 0.6) is 0 Å². The van der Waals surface area contributed by atoms with Crippen molar-refractivity contribution in [2.75, 3.05) is 0 Å². The third-order valence-corrected chi connectivity index (χ3v) is 1.90. The van der Waals surface area contributed by atoms with Gasteiger partial charge in [-0.1, -0.05) is 0 Å². The van der Waals surface area contributed by atoms with E-state index in [0.717, 1.165) is 0 Å². The number of hydrogen-bond donors (Lipinski definition) is 3. The molecule has 18 heavy (non-hydrogen) atoms. The molecule has 10 nitrogen and oxygen atoms in total. The van der Waals surface area contributed by atoms with Gasteiger partial charge in [-0.3, -0.25) is 4.79 Å². The van der Waals surface area contributed by atoms with Crippen LogP contribution in [0.1, 0.15) is 12.8 Å². The summed E-state index contributed by atoms with van der Waals surface area (Å²) in [5.74, 6) is -9.02. The Morgan fingerprint density at radius 2 is 1.83 bits per heavy atom. The fourth-order valence-corrected chi connectivity index (χ4v) is 1.01. The zero-order valence-electron chi connectivity index (χ0n) is 8.82. The Labute approximate surface area is 99.1 Å². The number of carboxylic acid groups (broad SMARTS) is 1. The summed E-state index contributed by atoms with van der Waals surface area (Å²) in [7, 11) is 0. The Kier molecular flexibility index (Phi) is 3.83. The Hall–Kier alpha value is -2.20. The van der Waals surface area contributed by atoms with E-state index >= 15 is 0 Å². The third-order valence-electron chi connectivity index (χ3n) is 1.90. The van der Waals surface area contributed by atoms with Gasteiger partial charge in [0.2, 0.25) is 0 Å². The summed E-state index contributed by atoms with van der Waals surface area (Å²) in [6.45, 7) is 0. The van der Waals surface area contributed by atoms with Crippen molar-refractivity contribution in [2.24, 2.45) is 5.73 Å². The molecule has 0 amide bonds. The molecule has 1 aliphatic heterocycles. The van der Waals surface area contributed by atoms with E-state index < -0.39 is 48.5 Å². The van der Waals surface area contributed by atoms with Crippen LogP contribution in [0.2, 0.25) is 0 Å². The monoisotopic (exact) mass is 263 g/mol. The van der Waals surface area contributed by atoms with Crippen LogP contribution in [0, 0.1) is 0 Å². The van der Waals surface area contributed by atoms with E-state index in [4.69, 9.17) is 10.8 Å². The van der Waals surface area contributed by atoms with Crippen molar-refractivity contribution in [1.82, 2.24) is 0 Å². The van der Waals surface area contributed by atoms with E-state index in [1.54, 1.807) is 0 Å². The molecule has 100 valence electrons. The summed E-state index contributed by atoms with van der Waals surface area (Å²) >= 11 is 0. The number of carbonyl (C=O) groups is 4. The molecule has 1 heterocycles. The second-order valence-electron chi connectivity index (χ2n) is 3.41. The zero-order chi connectivity index (χ0) is 13.9. The number of cyclic esters (lactones) is 1. The molecule has 2 unspecified atom stereocenters. The second-order valence-corrected chi connectivity index (χ2v) is 3.41. The number of aliphatic carboxylic acids is 1. The first-order valence-corrected chi connectivity index (χ1v) is 4.59. The lowest BCUT2D eigenvalue weighted by Crippen LogP contribution is -2.50. The molecule has 2 atom stereocenters. The van der Waals surface area contributed by atoms with Crippen LogP contribution in [0.4, 0.5) is 0 Å². The number of hydrogen-bond acceptors (Lipinski definition) is 9. The molecule has 1 fully saturated rings. The minimum Gasteiger partial charge on any atom is -0.476 e. The molecule has 0 saturated carbocycles. The highest BCUT2D eigenvalue weighted by Crippen LogP contribution is 2.17. The van der Waals surface area contributed by atoms with E-state index in [9.17, 15) is 24.3 Å². The van der Waals surface area contributed by atoms with Crippen LogP contribution in [-0.2, 0) is 33.7 Å². The molecule has 0 bridgehead atoms. The van der Waals surface area contributed by atoms with Crippen molar-refractivity contribution in [2.45, 2.75) is 24.7 Å². The van der Waals surface area contributed by atoms with E-state index in [2.05, 4.69) is 14.5 Å². The summed E-state index contributed by atoms with van der Waals surface area (Å²) in [5, 5.41) is 18.1. The molecule has 0 aromatic rings. The Bertz CT molecular complexity index is 405. The topological polar surface area (TPSA) is 162 Å². The number of carboxylic acids is 1. The smallest absolute Gasteiger partial charge is 0.377 e. The van der Waals surface area contributed by atoms with Gasteiger partial charge in [0.05, 0.1) is 6.42 Å². The van der Waals surface area contributed by atoms with Crippen LogP contribution in [0.15, 0.2) is 0 Å². The molecule has 10 heteroatoms. The Morgan fingerprint density at radius 3 is 2.39 bits per heavy atom. The number of rotatable bonds is 1. The molecule has 1 saturated heterocycles. The molecule has 0 aromatic carbocycles. The SMILES string of the molecule is NC1CC(=O)OOC(=O)CC(O)(C(=O)O)OC1=O. The van der Waals surface area contributed by atoms with Crippen LogP contribution in [0.3, 0.4) is 0 Å². The number of carbonyl (C=O) groups excluding carboxylic acids is 3. The summed E-state index contributed by atoms with van der Waals surface area (Å²) in [6.07, 6.45) is -1.96. The van der Waals surface area contributed by atoms with Gasteiger partial charge in [0.25, 0.3) is 0 Å². The average molecular weight is 263 g/mol. The predicted molar refractivity (Wildman–Crippen MR) is 48.1 cm³/mol. The number of aliphatic hydroxyl groups is 1. The third kappa shape index (κ3) is 3.15. The van der Waals surface area contributed by atoms with E-state index in [1.807, 2.05) is 0 Å². The van der Waals surface area contributed by atoms with Gasteiger partial charge in [0.15, 0.2) is 0 Å². The van der Waals surface area contributed by atoms with Crippen molar-refractivity contribution in [1.29, 1.82) is 0 Å². The van der Waals surface area contributed by atoms with Crippen LogP contribution in [-0.4, -0.2) is 45.9 Å². The van der Waals surface area contributed by atoms with E-state index in [1.165, 1.54) is 0 Å². The van der Waals surface area contributed by atoms with Crippen molar-refractivity contribution in [3.63, 3.8) is 0 Å². The van der Waals surface area contributed by atoms with Gasteiger partial charge in [0.1, 0.15) is 12.5 Å². The van der Waals surface area contributed by atoms with Gasteiger partial charge in [-0.25, -0.2) is 24.2 Å². The first kappa shape index (κ1) is 13.9. The second kappa shape index (κ2) is 4.98. The molecule has 1 aliphatic rings. The first-order chi connectivity index (χ1) is 8.24. The highest BCUT2D eigenvalue weighted by molar-refractivity contribution is 5.89. The van der Waals surface area contributed by atoms with Crippen molar-refractivity contribution in [3.05, 3.63) is 0 Å². The van der Waals surface area contributed by atoms with Crippen LogP contribution < -0.4 is 5.73 Å². The van der Waals surface area contributed by atoms with Gasteiger partial charge in [0, 0.05) is 0 Å². The number of esters is 1. The lowest BCUT2D eigenvalue weighted by atomic mass is 10.1.